The van der Waals surface area contributed by atoms with E-state index >= 15 is 0 Å². The van der Waals surface area contributed by atoms with Gasteiger partial charge in [0, 0.05) is 6.04 Å². The fraction of sp³-hybridized carbons (Fsp3) is 0.462. The molecule has 2 N–H and O–H groups in total. The summed E-state index contributed by atoms with van der Waals surface area (Å²) in [4.78, 5) is 24.9. The Labute approximate surface area is 190 Å². The Kier molecular flexibility index (Phi) is 8.84. The van der Waals surface area contributed by atoms with E-state index in [-0.39, 0.29) is 19.6 Å². The Balaban J connectivity index is 2.21. The number of rotatable bonds is 9. The predicted octanol–water partition coefficient (Wildman–Crippen LogP) is 4.74. The maximum Gasteiger partial charge on any atom is 0.407 e. The summed E-state index contributed by atoms with van der Waals surface area (Å²) in [6.07, 6.45) is 0.123. The quantitative estimate of drug-likeness (QED) is 0.549. The number of amides is 1. The topological polar surface area (TPSA) is 84.9 Å². The molecule has 6 nitrogen and oxygen atoms in total. The highest BCUT2D eigenvalue weighted by molar-refractivity contribution is 5.77. The van der Waals surface area contributed by atoms with Crippen LogP contribution >= 0.6 is 0 Å². The first kappa shape index (κ1) is 25.4. The molecule has 0 bridgehead atoms. The van der Waals surface area contributed by atoms with Crippen molar-refractivity contribution in [2.45, 2.75) is 59.1 Å². The Morgan fingerprint density at radius 2 is 1.56 bits per heavy atom. The van der Waals surface area contributed by atoms with Crippen molar-refractivity contribution in [3.63, 3.8) is 0 Å². The molecule has 174 valence electrons. The molecule has 0 aliphatic carbocycles. The molecule has 0 saturated heterocycles. The van der Waals surface area contributed by atoms with E-state index in [2.05, 4.69) is 5.32 Å². The van der Waals surface area contributed by atoms with E-state index in [1.165, 1.54) is 0 Å². The lowest BCUT2D eigenvalue weighted by Crippen LogP contribution is -2.46. The van der Waals surface area contributed by atoms with E-state index < -0.39 is 29.1 Å². The van der Waals surface area contributed by atoms with Gasteiger partial charge >= 0.3 is 12.1 Å². The van der Waals surface area contributed by atoms with Gasteiger partial charge in [0.2, 0.25) is 0 Å². The highest BCUT2D eigenvalue weighted by Gasteiger charge is 2.37. The fourth-order valence-corrected chi connectivity index (χ4v) is 3.46. The van der Waals surface area contributed by atoms with Gasteiger partial charge in [0.05, 0.1) is 18.6 Å². The molecule has 0 spiro atoms. The molecule has 2 aromatic rings. The third kappa shape index (κ3) is 7.68. The van der Waals surface area contributed by atoms with E-state index in [1.54, 1.807) is 34.6 Å². The second-order valence-corrected chi connectivity index (χ2v) is 9.25. The van der Waals surface area contributed by atoms with Gasteiger partial charge in [-0.15, -0.1) is 0 Å². The van der Waals surface area contributed by atoms with Crippen molar-refractivity contribution in [1.29, 1.82) is 0 Å². The van der Waals surface area contributed by atoms with Gasteiger partial charge < -0.3 is 19.9 Å². The summed E-state index contributed by atoms with van der Waals surface area (Å²) in [5, 5.41) is 12.8. The van der Waals surface area contributed by atoms with Gasteiger partial charge in [-0.2, -0.15) is 0 Å². The number of benzene rings is 2. The number of hydrogen-bond acceptors (Lipinski definition) is 5. The Morgan fingerprint density at radius 1 is 0.969 bits per heavy atom. The van der Waals surface area contributed by atoms with Crippen LogP contribution in [0.15, 0.2) is 54.6 Å². The number of aliphatic hydroxyl groups excluding tert-OH is 1. The van der Waals surface area contributed by atoms with E-state index in [1.807, 2.05) is 54.6 Å². The monoisotopic (exact) mass is 441 g/mol. The molecule has 2 rings (SSSR count). The minimum atomic E-state index is -1.14. The van der Waals surface area contributed by atoms with Crippen molar-refractivity contribution in [3.05, 3.63) is 60.2 Å². The number of carbonyl (C=O) groups excluding carboxylic acids is 2. The third-order valence-electron chi connectivity index (χ3n) is 5.08. The summed E-state index contributed by atoms with van der Waals surface area (Å²) in [6.45, 7) is 8.58. The van der Waals surface area contributed by atoms with E-state index in [0.717, 1.165) is 16.7 Å². The summed E-state index contributed by atoms with van der Waals surface area (Å²) >= 11 is 0. The third-order valence-corrected chi connectivity index (χ3v) is 5.08. The van der Waals surface area contributed by atoms with Crippen LogP contribution in [0.5, 0.6) is 0 Å². The zero-order valence-corrected chi connectivity index (χ0v) is 19.7. The summed E-state index contributed by atoms with van der Waals surface area (Å²) in [5.41, 5.74) is 1.43. The van der Waals surface area contributed by atoms with Crippen LogP contribution in [-0.2, 0) is 20.7 Å². The summed E-state index contributed by atoms with van der Waals surface area (Å²) < 4.78 is 10.6. The van der Waals surface area contributed by atoms with Gasteiger partial charge in [-0.25, -0.2) is 4.79 Å². The number of esters is 1. The highest BCUT2D eigenvalue weighted by atomic mass is 16.6. The van der Waals surface area contributed by atoms with E-state index in [4.69, 9.17) is 9.47 Å². The number of alkyl carbamates (subject to hydrolysis) is 1. The summed E-state index contributed by atoms with van der Waals surface area (Å²) in [7, 11) is 0. The van der Waals surface area contributed by atoms with Gasteiger partial charge in [-0.05, 0) is 64.2 Å². The first-order valence-electron chi connectivity index (χ1n) is 11.0. The van der Waals surface area contributed by atoms with Crippen LogP contribution in [0, 0.1) is 5.41 Å². The summed E-state index contributed by atoms with van der Waals surface area (Å²) in [5.74, 6) is -0.488. The molecule has 0 aromatic heterocycles. The number of aliphatic hydroxyl groups is 1. The number of ether oxygens (including phenoxy) is 2. The first-order valence-corrected chi connectivity index (χ1v) is 11.0. The molecule has 1 unspecified atom stereocenters. The highest BCUT2D eigenvalue weighted by Crippen LogP contribution is 2.27. The number of nitrogens with one attached hydrogen (secondary N) is 1. The second-order valence-electron chi connectivity index (χ2n) is 9.25. The van der Waals surface area contributed by atoms with Crippen LogP contribution in [0.25, 0.3) is 11.1 Å². The van der Waals surface area contributed by atoms with Gasteiger partial charge in [0.15, 0.2) is 0 Å². The van der Waals surface area contributed by atoms with Gasteiger partial charge in [-0.1, -0.05) is 54.6 Å². The molecule has 1 amide bonds. The molecular weight excluding hydrogens is 406 g/mol. The molecule has 0 saturated carbocycles. The van der Waals surface area contributed by atoms with Crippen molar-refractivity contribution in [3.8, 4) is 11.1 Å². The normalized spacial score (nSPS) is 14.2. The van der Waals surface area contributed by atoms with Gasteiger partial charge in [-0.3, -0.25) is 4.79 Å². The van der Waals surface area contributed by atoms with Crippen molar-refractivity contribution in [2.24, 2.45) is 5.41 Å². The van der Waals surface area contributed by atoms with Crippen LogP contribution in [-0.4, -0.2) is 42.0 Å². The second kappa shape index (κ2) is 11.1. The lowest BCUT2D eigenvalue weighted by atomic mass is 9.82. The minimum absolute atomic E-state index is 0.210. The van der Waals surface area contributed by atoms with Crippen molar-refractivity contribution in [1.82, 2.24) is 5.32 Å². The summed E-state index contributed by atoms with van der Waals surface area (Å²) in [6, 6.07) is 17.7. The van der Waals surface area contributed by atoms with Crippen LogP contribution < -0.4 is 5.32 Å². The predicted molar refractivity (Wildman–Crippen MR) is 125 cm³/mol. The van der Waals surface area contributed by atoms with Crippen LogP contribution in [0.1, 0.15) is 46.6 Å². The fourth-order valence-electron chi connectivity index (χ4n) is 3.46. The Hall–Kier alpha value is -2.86. The first-order chi connectivity index (χ1) is 15.1. The van der Waals surface area contributed by atoms with E-state index in [0.29, 0.717) is 6.42 Å². The van der Waals surface area contributed by atoms with Crippen LogP contribution in [0.3, 0.4) is 0 Å². The lowest BCUT2D eigenvalue weighted by Gasteiger charge is -2.31. The number of carbonyl (C=O) groups is 2. The molecule has 2 aromatic carbocycles. The largest absolute Gasteiger partial charge is 0.466 e. The minimum Gasteiger partial charge on any atom is -0.466 e. The maximum atomic E-state index is 12.5. The van der Waals surface area contributed by atoms with Crippen LogP contribution in [0.2, 0.25) is 0 Å². The lowest BCUT2D eigenvalue weighted by molar-refractivity contribution is -0.157. The van der Waals surface area contributed by atoms with Crippen molar-refractivity contribution >= 4 is 12.1 Å². The van der Waals surface area contributed by atoms with Gasteiger partial charge in [0.1, 0.15) is 5.60 Å². The molecule has 0 aliphatic heterocycles. The molecule has 32 heavy (non-hydrogen) atoms. The SMILES string of the molecule is CCOC(=O)C(C)(CO)C[C@@H](Cc1ccc(-c2ccccc2)cc1)NC(=O)OC(C)(C)C. The molecule has 2 atom stereocenters. The maximum absolute atomic E-state index is 12.5. The van der Waals surface area contributed by atoms with Gasteiger partial charge in [0.25, 0.3) is 0 Å². The standard InChI is InChI=1S/C26H35NO5/c1-6-31-23(29)26(5,18-28)17-22(27-24(30)32-25(2,3)4)16-19-12-14-21(15-13-19)20-10-8-7-9-11-20/h7-15,22,28H,6,16-18H2,1-5H3,(H,27,30)/t22-,26?/m1/s1. The van der Waals surface area contributed by atoms with Crippen molar-refractivity contribution in [2.75, 3.05) is 13.2 Å². The molecule has 0 aliphatic rings. The Morgan fingerprint density at radius 3 is 2.09 bits per heavy atom. The zero-order chi connectivity index (χ0) is 23.8. The van der Waals surface area contributed by atoms with E-state index in [9.17, 15) is 14.7 Å². The zero-order valence-electron chi connectivity index (χ0n) is 19.7. The number of hydrogen-bond donors (Lipinski definition) is 2. The average molecular weight is 442 g/mol. The average Bonchev–Trinajstić information content (AvgIpc) is 2.73. The molecule has 0 radical (unpaired) electrons. The van der Waals surface area contributed by atoms with Crippen LogP contribution in [0.4, 0.5) is 4.79 Å². The molecule has 0 fully saturated rings. The molecular formula is C26H35NO5. The van der Waals surface area contributed by atoms with Crippen molar-refractivity contribution < 1.29 is 24.2 Å². The molecule has 0 heterocycles. The smallest absolute Gasteiger partial charge is 0.407 e. The Bertz CT molecular complexity index is 873. The molecule has 6 heteroatoms.